The number of carbonyl (C=O) groups excluding carboxylic acids is 1. The summed E-state index contributed by atoms with van der Waals surface area (Å²) >= 11 is 0. The van der Waals surface area contributed by atoms with Crippen LogP contribution in [0.4, 0.5) is 5.82 Å². The molecule has 0 aliphatic heterocycles. The van der Waals surface area contributed by atoms with Crippen molar-refractivity contribution in [3.63, 3.8) is 0 Å². The lowest BCUT2D eigenvalue weighted by Crippen LogP contribution is -2.41. The number of nitrogens with zero attached hydrogens (tertiary/aromatic N) is 2. The van der Waals surface area contributed by atoms with Gasteiger partial charge in [0.25, 0.3) is 0 Å². The molecule has 1 heterocycles. The van der Waals surface area contributed by atoms with Gasteiger partial charge in [0.2, 0.25) is 5.91 Å². The van der Waals surface area contributed by atoms with E-state index >= 15 is 0 Å². The molecule has 0 aromatic carbocycles. The zero-order chi connectivity index (χ0) is 11.3. The minimum absolute atomic E-state index is 0.230. The topological polar surface area (TPSA) is 59.2 Å². The Morgan fingerprint density at radius 2 is 2.47 bits per heavy atom. The summed E-state index contributed by atoms with van der Waals surface area (Å²) in [5.74, 6) is 2.70. The standard InChI is InChI=1S/C11H13N3O/c1-3-6-9(12)11(15)14(2)10-7-4-5-8-13-10/h1,4-5,7-9H,6,12H2,2H3. The van der Waals surface area contributed by atoms with Gasteiger partial charge in [-0.2, -0.15) is 0 Å². The maximum atomic E-state index is 11.7. The van der Waals surface area contributed by atoms with Crippen LogP contribution in [-0.2, 0) is 4.79 Å². The van der Waals surface area contributed by atoms with Crippen LogP contribution in [0, 0.1) is 12.3 Å². The van der Waals surface area contributed by atoms with E-state index in [1.54, 1.807) is 31.4 Å². The molecule has 0 saturated heterocycles. The van der Waals surface area contributed by atoms with E-state index < -0.39 is 6.04 Å². The second kappa shape index (κ2) is 5.13. The number of carbonyl (C=O) groups is 1. The van der Waals surface area contributed by atoms with Crippen LogP contribution in [0.1, 0.15) is 6.42 Å². The van der Waals surface area contributed by atoms with Gasteiger partial charge in [-0.25, -0.2) is 4.98 Å². The number of aromatic nitrogens is 1. The Labute approximate surface area is 89.1 Å². The van der Waals surface area contributed by atoms with Crippen LogP contribution in [0.2, 0.25) is 0 Å². The third-order valence-corrected chi connectivity index (χ3v) is 1.98. The SMILES string of the molecule is C#CCC(N)C(=O)N(C)c1ccccn1. The average molecular weight is 203 g/mol. The fourth-order valence-electron chi connectivity index (χ4n) is 1.13. The van der Waals surface area contributed by atoms with E-state index in [0.717, 1.165) is 0 Å². The number of rotatable bonds is 3. The Morgan fingerprint density at radius 3 is 3.00 bits per heavy atom. The van der Waals surface area contributed by atoms with Crippen LogP contribution in [0.5, 0.6) is 0 Å². The lowest BCUT2D eigenvalue weighted by molar-refractivity contribution is -0.119. The number of terminal acetylenes is 1. The van der Waals surface area contributed by atoms with Crippen LogP contribution >= 0.6 is 0 Å². The first-order chi connectivity index (χ1) is 7.16. The number of anilines is 1. The molecule has 0 saturated carbocycles. The lowest BCUT2D eigenvalue weighted by atomic mass is 10.2. The molecular formula is C11H13N3O. The normalized spacial score (nSPS) is 11.5. The molecule has 0 spiro atoms. The summed E-state index contributed by atoms with van der Waals surface area (Å²) in [6.07, 6.45) is 6.94. The lowest BCUT2D eigenvalue weighted by Gasteiger charge is -2.18. The highest BCUT2D eigenvalue weighted by atomic mass is 16.2. The summed E-state index contributed by atoms with van der Waals surface area (Å²) in [7, 11) is 1.63. The molecule has 1 rings (SSSR count). The van der Waals surface area contributed by atoms with E-state index in [-0.39, 0.29) is 12.3 Å². The van der Waals surface area contributed by atoms with Gasteiger partial charge in [0.1, 0.15) is 5.82 Å². The number of pyridine rings is 1. The highest BCUT2D eigenvalue weighted by Crippen LogP contribution is 2.08. The van der Waals surface area contributed by atoms with Crippen molar-refractivity contribution in [1.29, 1.82) is 0 Å². The van der Waals surface area contributed by atoms with Gasteiger partial charge >= 0.3 is 0 Å². The van der Waals surface area contributed by atoms with Gasteiger partial charge in [0.05, 0.1) is 6.04 Å². The van der Waals surface area contributed by atoms with Crippen molar-refractivity contribution >= 4 is 11.7 Å². The molecule has 2 N–H and O–H groups in total. The molecule has 1 unspecified atom stereocenters. The van der Waals surface area contributed by atoms with E-state index in [1.165, 1.54) is 4.90 Å². The van der Waals surface area contributed by atoms with Crippen LogP contribution < -0.4 is 10.6 Å². The summed E-state index contributed by atoms with van der Waals surface area (Å²) in [6, 6.07) is 4.66. The fraction of sp³-hybridized carbons (Fsp3) is 0.273. The Balaban J connectivity index is 2.74. The summed E-state index contributed by atoms with van der Waals surface area (Å²) < 4.78 is 0. The third kappa shape index (κ3) is 2.79. The first-order valence-electron chi connectivity index (χ1n) is 4.54. The van der Waals surface area contributed by atoms with Gasteiger partial charge in [-0.1, -0.05) is 6.07 Å². The maximum absolute atomic E-state index is 11.7. The van der Waals surface area contributed by atoms with Gasteiger partial charge in [0, 0.05) is 19.7 Å². The van der Waals surface area contributed by atoms with Crippen molar-refractivity contribution in [2.75, 3.05) is 11.9 Å². The number of amides is 1. The predicted octanol–water partition coefficient (Wildman–Crippen LogP) is 0.395. The Bertz CT molecular complexity index is 369. The van der Waals surface area contributed by atoms with Gasteiger partial charge in [-0.3, -0.25) is 9.69 Å². The number of hydrogen-bond acceptors (Lipinski definition) is 3. The van der Waals surface area contributed by atoms with Crippen LogP contribution in [0.3, 0.4) is 0 Å². The highest BCUT2D eigenvalue weighted by Gasteiger charge is 2.18. The molecule has 0 aliphatic rings. The van der Waals surface area contributed by atoms with Crippen LogP contribution in [-0.4, -0.2) is 24.0 Å². The number of nitrogens with two attached hydrogens (primary N) is 1. The zero-order valence-corrected chi connectivity index (χ0v) is 8.55. The summed E-state index contributed by atoms with van der Waals surface area (Å²) in [5.41, 5.74) is 5.60. The van der Waals surface area contributed by atoms with E-state index in [2.05, 4.69) is 10.9 Å². The Kier molecular flexibility index (Phi) is 3.83. The Hall–Kier alpha value is -1.86. The molecule has 0 radical (unpaired) electrons. The monoisotopic (exact) mass is 203 g/mol. The van der Waals surface area contributed by atoms with E-state index in [1.807, 2.05) is 0 Å². The van der Waals surface area contributed by atoms with Crippen molar-refractivity contribution in [3.8, 4) is 12.3 Å². The van der Waals surface area contributed by atoms with E-state index in [0.29, 0.717) is 5.82 Å². The van der Waals surface area contributed by atoms with Crippen LogP contribution in [0.25, 0.3) is 0 Å². The van der Waals surface area contributed by atoms with Crippen molar-refractivity contribution in [2.24, 2.45) is 5.73 Å². The molecule has 4 nitrogen and oxygen atoms in total. The Morgan fingerprint density at radius 1 is 1.73 bits per heavy atom. The molecule has 0 fully saturated rings. The minimum atomic E-state index is -0.665. The summed E-state index contributed by atoms with van der Waals surface area (Å²) in [5, 5.41) is 0. The molecule has 78 valence electrons. The van der Waals surface area contributed by atoms with Crippen molar-refractivity contribution in [1.82, 2.24) is 4.98 Å². The van der Waals surface area contributed by atoms with Gasteiger partial charge in [0.15, 0.2) is 0 Å². The maximum Gasteiger partial charge on any atom is 0.245 e. The first-order valence-corrected chi connectivity index (χ1v) is 4.54. The molecule has 15 heavy (non-hydrogen) atoms. The molecule has 1 aromatic heterocycles. The highest BCUT2D eigenvalue weighted by molar-refractivity contribution is 5.95. The number of hydrogen-bond donors (Lipinski definition) is 1. The summed E-state index contributed by atoms with van der Waals surface area (Å²) in [6.45, 7) is 0. The van der Waals surface area contributed by atoms with E-state index in [9.17, 15) is 4.79 Å². The quantitative estimate of drug-likeness (QED) is 0.723. The van der Waals surface area contributed by atoms with E-state index in [4.69, 9.17) is 12.2 Å². The van der Waals surface area contributed by atoms with Gasteiger partial charge in [-0.15, -0.1) is 12.3 Å². The van der Waals surface area contributed by atoms with Crippen molar-refractivity contribution < 1.29 is 4.79 Å². The average Bonchev–Trinajstić information content (AvgIpc) is 2.28. The minimum Gasteiger partial charge on any atom is -0.319 e. The molecule has 0 aliphatic carbocycles. The van der Waals surface area contributed by atoms with Gasteiger partial charge in [-0.05, 0) is 12.1 Å². The molecule has 4 heteroatoms. The van der Waals surface area contributed by atoms with Crippen molar-refractivity contribution in [2.45, 2.75) is 12.5 Å². The molecule has 1 amide bonds. The second-order valence-electron chi connectivity index (χ2n) is 3.10. The summed E-state index contributed by atoms with van der Waals surface area (Å²) in [4.78, 5) is 17.1. The van der Waals surface area contributed by atoms with Crippen molar-refractivity contribution in [3.05, 3.63) is 24.4 Å². The number of likely N-dealkylation sites (N-methyl/N-ethyl adjacent to an activating group) is 1. The fourth-order valence-corrected chi connectivity index (χ4v) is 1.13. The third-order valence-electron chi connectivity index (χ3n) is 1.98. The first kappa shape index (κ1) is 11.2. The van der Waals surface area contributed by atoms with Gasteiger partial charge < -0.3 is 5.73 Å². The molecular weight excluding hydrogens is 190 g/mol. The van der Waals surface area contributed by atoms with Crippen LogP contribution in [0.15, 0.2) is 24.4 Å². The molecule has 1 aromatic rings. The zero-order valence-electron chi connectivity index (χ0n) is 8.55. The molecule has 1 atom stereocenters. The largest absolute Gasteiger partial charge is 0.319 e. The second-order valence-corrected chi connectivity index (χ2v) is 3.10. The predicted molar refractivity (Wildman–Crippen MR) is 59.1 cm³/mol. The molecule has 0 bridgehead atoms. The smallest absolute Gasteiger partial charge is 0.245 e.